The van der Waals surface area contributed by atoms with E-state index in [2.05, 4.69) is 72.2 Å². The standard InChI is InChI=1S/C10H8Br.C5H5.2CH3.Si.Zr.2H/c1-7-5-8-3-2-4-10(11)9(8)6-7;1-2-4-5-3-1;;;;;;/h2-6H,1H3;1-3H,4H2;2*1H3;;;;/q4*-1;;;2*-1. The summed E-state index contributed by atoms with van der Waals surface area (Å²) in [4.78, 5) is 0. The predicted octanol–water partition coefficient (Wildman–Crippen LogP) is 5.68. The van der Waals surface area contributed by atoms with Gasteiger partial charge in [0.15, 0.2) is 0 Å². The molecule has 20 heavy (non-hydrogen) atoms. The number of fused-ring (bicyclic) bond motifs is 1. The van der Waals surface area contributed by atoms with E-state index in [1.807, 2.05) is 12.2 Å². The van der Waals surface area contributed by atoms with Gasteiger partial charge in [0.1, 0.15) is 0 Å². The van der Waals surface area contributed by atoms with Crippen LogP contribution in [0.5, 0.6) is 0 Å². The van der Waals surface area contributed by atoms with Crippen molar-refractivity contribution in [3.05, 3.63) is 79.5 Å². The Balaban J connectivity index is -0.000000129. The second-order valence-electron chi connectivity index (χ2n) is 3.78. The molecule has 0 aliphatic heterocycles. The molecule has 110 valence electrons. The van der Waals surface area contributed by atoms with Crippen molar-refractivity contribution in [1.82, 2.24) is 0 Å². The van der Waals surface area contributed by atoms with Gasteiger partial charge >= 0.3 is 30.2 Å². The SMILES string of the molecule is Cc1cc2c(Br)cccc2[cH-]1.[C-]1=CC=CC1.[CH3-].[CH3-].[H-].[H-].[Si]=[Zr]. The average molecular weight is 425 g/mol. The third-order valence-electron chi connectivity index (χ3n) is 2.43. The molecule has 0 bridgehead atoms. The first kappa shape index (κ1) is 22.2. The summed E-state index contributed by atoms with van der Waals surface area (Å²) in [6.07, 6.45) is 10.0. The molecule has 2 aromatic carbocycles. The van der Waals surface area contributed by atoms with Crippen molar-refractivity contribution in [3.8, 4) is 0 Å². The quantitative estimate of drug-likeness (QED) is 0.377. The maximum atomic E-state index is 3.51. The van der Waals surface area contributed by atoms with Gasteiger partial charge in [-0.2, -0.15) is 12.1 Å². The zero-order valence-corrected chi connectivity index (χ0v) is 17.2. The first-order chi connectivity index (χ1) is 8.77. The first-order valence-corrected chi connectivity index (χ1v) is 10.5. The molecule has 0 spiro atoms. The molecule has 0 nitrogen and oxygen atoms in total. The summed E-state index contributed by atoms with van der Waals surface area (Å²) in [6, 6.07) is 10.7. The molecular weight excluding hydrogens is 403 g/mol. The molecule has 3 heteroatoms. The Labute approximate surface area is 152 Å². The van der Waals surface area contributed by atoms with E-state index >= 15 is 0 Å². The molecule has 0 N–H and O–H groups in total. The summed E-state index contributed by atoms with van der Waals surface area (Å²) < 4.78 is 1.18. The van der Waals surface area contributed by atoms with Crippen LogP contribution >= 0.6 is 15.9 Å². The minimum absolute atomic E-state index is 0. The van der Waals surface area contributed by atoms with Gasteiger partial charge < -0.3 is 17.7 Å². The Hall–Kier alpha value is -0.110. The van der Waals surface area contributed by atoms with Crippen LogP contribution in [0.3, 0.4) is 0 Å². The molecule has 3 rings (SSSR count). The van der Waals surface area contributed by atoms with Gasteiger partial charge in [-0.15, -0.1) is 41.0 Å². The second-order valence-corrected chi connectivity index (χ2v) is 4.63. The second kappa shape index (κ2) is 12.6. The van der Waals surface area contributed by atoms with Gasteiger partial charge in [0.25, 0.3) is 0 Å². The summed E-state index contributed by atoms with van der Waals surface area (Å²) in [5.41, 5.74) is 1.33. The third kappa shape index (κ3) is 7.06. The number of rotatable bonds is 0. The van der Waals surface area contributed by atoms with Crippen molar-refractivity contribution in [3.63, 3.8) is 0 Å². The molecule has 2 radical (unpaired) electrons. The van der Waals surface area contributed by atoms with Crippen molar-refractivity contribution in [2.24, 2.45) is 0 Å². The van der Waals surface area contributed by atoms with Crippen LogP contribution in [0.15, 0.2) is 53.0 Å². The number of benzene rings is 1. The van der Waals surface area contributed by atoms with Crippen molar-refractivity contribution in [1.29, 1.82) is 0 Å². The van der Waals surface area contributed by atoms with Gasteiger partial charge in [-0.05, 0) is 4.47 Å². The van der Waals surface area contributed by atoms with Crippen molar-refractivity contribution in [2.75, 3.05) is 0 Å². The van der Waals surface area contributed by atoms with E-state index in [9.17, 15) is 0 Å². The molecular formula is C17H21BrSiZr-6. The van der Waals surface area contributed by atoms with Crippen LogP contribution in [0.4, 0.5) is 0 Å². The predicted molar refractivity (Wildman–Crippen MR) is 94.4 cm³/mol. The van der Waals surface area contributed by atoms with Crippen molar-refractivity contribution >= 4 is 33.6 Å². The van der Waals surface area contributed by atoms with Gasteiger partial charge in [-0.1, -0.05) is 28.9 Å². The van der Waals surface area contributed by atoms with Crippen LogP contribution < -0.4 is 0 Å². The van der Waals surface area contributed by atoms with E-state index in [-0.39, 0.29) is 17.7 Å². The normalized spacial score (nSPS) is 10.4. The fraction of sp³-hybridized carbons (Fsp3) is 0.118. The molecule has 0 saturated carbocycles. The van der Waals surface area contributed by atoms with Crippen LogP contribution in [0.25, 0.3) is 10.8 Å². The van der Waals surface area contributed by atoms with E-state index in [1.165, 1.54) is 44.1 Å². The van der Waals surface area contributed by atoms with Crippen LogP contribution in [-0.4, -0.2) is 6.88 Å². The zero-order chi connectivity index (χ0) is 13.4. The zero-order valence-electron chi connectivity index (χ0n) is 14.2. The summed E-state index contributed by atoms with van der Waals surface area (Å²) >= 11 is 4.87. The van der Waals surface area contributed by atoms with Crippen molar-refractivity contribution < 1.29 is 26.2 Å². The fourth-order valence-corrected chi connectivity index (χ4v) is 2.18. The molecule has 1 aliphatic carbocycles. The molecule has 1 aliphatic rings. The summed E-state index contributed by atoms with van der Waals surface area (Å²) in [7, 11) is 0. The molecule has 0 aromatic heterocycles. The maximum absolute atomic E-state index is 3.51. The number of hydrogen-bond acceptors (Lipinski definition) is 0. The first-order valence-electron chi connectivity index (χ1n) is 5.55. The summed E-state index contributed by atoms with van der Waals surface area (Å²) in [5, 5.41) is 2.63. The van der Waals surface area contributed by atoms with Gasteiger partial charge in [0, 0.05) is 0 Å². The fourth-order valence-electron chi connectivity index (χ4n) is 1.69. The topological polar surface area (TPSA) is 0 Å². The molecule has 0 atom stereocenters. The molecule has 2 aromatic rings. The molecule has 0 unspecified atom stereocenters. The monoisotopic (exact) mass is 422 g/mol. The van der Waals surface area contributed by atoms with E-state index in [4.69, 9.17) is 0 Å². The van der Waals surface area contributed by atoms with E-state index in [0.717, 1.165) is 6.42 Å². The van der Waals surface area contributed by atoms with Gasteiger partial charge in [0.2, 0.25) is 0 Å². The van der Waals surface area contributed by atoms with Crippen LogP contribution in [0, 0.1) is 27.9 Å². The Bertz CT molecular complexity index is 555. The molecule has 0 heterocycles. The van der Waals surface area contributed by atoms with Gasteiger partial charge in [0.05, 0.1) is 0 Å². The number of allylic oxidation sites excluding steroid dienone is 4. The molecule has 0 saturated heterocycles. The van der Waals surface area contributed by atoms with E-state index in [1.54, 1.807) is 0 Å². The average Bonchev–Trinajstić information content (AvgIpc) is 3.03. The Morgan fingerprint density at radius 2 is 2.05 bits per heavy atom. The van der Waals surface area contributed by atoms with E-state index < -0.39 is 0 Å². The molecule has 0 amide bonds. The molecule has 0 fully saturated rings. The summed E-state index contributed by atoms with van der Waals surface area (Å²) in [5.74, 6) is 0. The van der Waals surface area contributed by atoms with Crippen LogP contribution in [0.2, 0.25) is 0 Å². The Morgan fingerprint density at radius 1 is 1.35 bits per heavy atom. The Kier molecular flexibility index (Phi) is 14.0. The van der Waals surface area contributed by atoms with Gasteiger partial charge in [-0.25, -0.2) is 12.2 Å². The number of aryl methyl sites for hydroxylation is 1. The third-order valence-corrected chi connectivity index (χ3v) is 3.12. The number of hydrogen-bond donors (Lipinski definition) is 0. The Morgan fingerprint density at radius 3 is 2.50 bits per heavy atom. The van der Waals surface area contributed by atoms with Crippen LogP contribution in [0.1, 0.15) is 14.8 Å². The van der Waals surface area contributed by atoms with Crippen molar-refractivity contribution in [2.45, 2.75) is 13.3 Å². The van der Waals surface area contributed by atoms with Crippen LogP contribution in [-0.2, 0) is 23.3 Å². The minimum atomic E-state index is 0. The number of halogens is 1. The summed E-state index contributed by atoms with van der Waals surface area (Å²) in [6.45, 7) is 5.18. The van der Waals surface area contributed by atoms with Gasteiger partial charge in [-0.3, -0.25) is 6.08 Å². The van der Waals surface area contributed by atoms with E-state index in [0.29, 0.717) is 0 Å².